The molecule has 0 aliphatic carbocycles. The number of halogens is 1. The van der Waals surface area contributed by atoms with E-state index in [-0.39, 0.29) is 5.69 Å². The highest BCUT2D eigenvalue weighted by Gasteiger charge is 2.23. The largest absolute Gasteiger partial charge is 0.481 e. The first kappa shape index (κ1) is 12.5. The van der Waals surface area contributed by atoms with Crippen LogP contribution in [0.3, 0.4) is 0 Å². The van der Waals surface area contributed by atoms with Crippen molar-refractivity contribution in [2.45, 2.75) is 25.6 Å². The molecule has 2 unspecified atom stereocenters. The van der Waals surface area contributed by atoms with Gasteiger partial charge in [-0.05, 0) is 18.6 Å². The average molecular weight is 229 g/mol. The molecule has 1 aromatic heterocycles. The van der Waals surface area contributed by atoms with Crippen molar-refractivity contribution < 1.29 is 24.5 Å². The van der Waals surface area contributed by atoms with E-state index in [1.807, 2.05) is 0 Å². The minimum atomic E-state index is -1.46. The summed E-state index contributed by atoms with van der Waals surface area (Å²) in [4.78, 5) is 14.0. The lowest BCUT2D eigenvalue weighted by atomic mass is 10.0. The third kappa shape index (κ3) is 2.98. The molecule has 0 spiro atoms. The number of nitrogens with zero attached hydrogens (tertiary/aromatic N) is 1. The SMILES string of the molecule is Cc1cc(F)cnc1C(O)C(O)CC(=O)O. The Morgan fingerprint density at radius 1 is 1.56 bits per heavy atom. The van der Waals surface area contributed by atoms with Crippen molar-refractivity contribution in [3.05, 3.63) is 29.3 Å². The highest BCUT2D eigenvalue weighted by atomic mass is 19.1. The summed E-state index contributed by atoms with van der Waals surface area (Å²) in [6.07, 6.45) is -2.59. The van der Waals surface area contributed by atoms with Gasteiger partial charge >= 0.3 is 5.97 Å². The first-order valence-electron chi connectivity index (χ1n) is 4.61. The standard InChI is InChI=1S/C10H12FNO4/c1-5-2-6(11)4-12-9(5)10(16)7(13)3-8(14)15/h2,4,7,10,13,16H,3H2,1H3,(H,14,15). The van der Waals surface area contributed by atoms with Crippen LogP contribution < -0.4 is 0 Å². The number of aromatic nitrogens is 1. The summed E-state index contributed by atoms with van der Waals surface area (Å²) >= 11 is 0. The molecule has 0 saturated carbocycles. The van der Waals surface area contributed by atoms with Crippen LogP contribution in [0.2, 0.25) is 0 Å². The topological polar surface area (TPSA) is 90.7 Å². The lowest BCUT2D eigenvalue weighted by Gasteiger charge is -2.17. The van der Waals surface area contributed by atoms with Crippen LogP contribution >= 0.6 is 0 Å². The van der Waals surface area contributed by atoms with E-state index in [1.165, 1.54) is 6.92 Å². The van der Waals surface area contributed by atoms with Gasteiger partial charge in [-0.3, -0.25) is 9.78 Å². The van der Waals surface area contributed by atoms with Gasteiger partial charge < -0.3 is 15.3 Å². The first-order chi connectivity index (χ1) is 7.41. The van der Waals surface area contributed by atoms with E-state index < -0.39 is 30.4 Å². The molecule has 1 aromatic rings. The van der Waals surface area contributed by atoms with Crippen LogP contribution in [0, 0.1) is 12.7 Å². The Balaban J connectivity index is 2.87. The van der Waals surface area contributed by atoms with Gasteiger partial charge in [0.15, 0.2) is 0 Å². The van der Waals surface area contributed by atoms with Gasteiger partial charge in [-0.1, -0.05) is 0 Å². The number of aryl methyl sites for hydroxylation is 1. The predicted octanol–water partition coefficient (Wildman–Crippen LogP) is 0.398. The van der Waals surface area contributed by atoms with Gasteiger partial charge in [-0.2, -0.15) is 0 Å². The zero-order valence-corrected chi connectivity index (χ0v) is 8.59. The van der Waals surface area contributed by atoms with Crippen molar-refractivity contribution >= 4 is 5.97 Å². The summed E-state index contributed by atoms with van der Waals surface area (Å²) in [7, 11) is 0. The molecular weight excluding hydrogens is 217 g/mol. The smallest absolute Gasteiger partial charge is 0.306 e. The second kappa shape index (κ2) is 5.00. The fourth-order valence-electron chi connectivity index (χ4n) is 1.33. The number of carboxylic acid groups (broad SMARTS) is 1. The van der Waals surface area contributed by atoms with Crippen molar-refractivity contribution in [3.63, 3.8) is 0 Å². The molecule has 3 N–H and O–H groups in total. The maximum absolute atomic E-state index is 12.7. The van der Waals surface area contributed by atoms with Crippen LogP contribution in [0.5, 0.6) is 0 Å². The van der Waals surface area contributed by atoms with Crippen LogP contribution in [0.25, 0.3) is 0 Å². The molecule has 0 fully saturated rings. The van der Waals surface area contributed by atoms with E-state index in [0.29, 0.717) is 5.56 Å². The van der Waals surface area contributed by atoms with Crippen molar-refractivity contribution in [1.29, 1.82) is 0 Å². The Kier molecular flexibility index (Phi) is 3.92. The number of hydrogen-bond donors (Lipinski definition) is 3. The van der Waals surface area contributed by atoms with Crippen LogP contribution in [0.4, 0.5) is 4.39 Å². The first-order valence-corrected chi connectivity index (χ1v) is 4.61. The minimum absolute atomic E-state index is 0.0788. The fraction of sp³-hybridized carbons (Fsp3) is 0.400. The Hall–Kier alpha value is -1.53. The molecular formula is C10H12FNO4. The number of aliphatic carboxylic acids is 1. The fourth-order valence-corrected chi connectivity index (χ4v) is 1.33. The monoisotopic (exact) mass is 229 g/mol. The third-order valence-electron chi connectivity index (χ3n) is 2.11. The van der Waals surface area contributed by atoms with Gasteiger partial charge in [0.25, 0.3) is 0 Å². The van der Waals surface area contributed by atoms with Crippen LogP contribution in [-0.2, 0) is 4.79 Å². The maximum Gasteiger partial charge on any atom is 0.306 e. The second-order valence-electron chi connectivity index (χ2n) is 3.47. The van der Waals surface area contributed by atoms with E-state index in [1.54, 1.807) is 0 Å². The lowest BCUT2D eigenvalue weighted by molar-refractivity contribution is -0.141. The van der Waals surface area contributed by atoms with Crippen molar-refractivity contribution in [3.8, 4) is 0 Å². The van der Waals surface area contributed by atoms with Crippen molar-refractivity contribution in [2.75, 3.05) is 0 Å². The van der Waals surface area contributed by atoms with Gasteiger partial charge in [-0.15, -0.1) is 0 Å². The van der Waals surface area contributed by atoms with E-state index in [4.69, 9.17) is 5.11 Å². The molecule has 88 valence electrons. The third-order valence-corrected chi connectivity index (χ3v) is 2.11. The molecule has 0 radical (unpaired) electrons. The molecule has 2 atom stereocenters. The zero-order chi connectivity index (χ0) is 12.3. The number of pyridine rings is 1. The number of carbonyl (C=O) groups is 1. The number of aliphatic hydroxyl groups excluding tert-OH is 2. The maximum atomic E-state index is 12.7. The summed E-state index contributed by atoms with van der Waals surface area (Å²) in [6, 6.07) is 1.15. The average Bonchev–Trinajstić information content (AvgIpc) is 2.15. The van der Waals surface area contributed by atoms with Crippen LogP contribution in [-0.4, -0.2) is 32.4 Å². The quantitative estimate of drug-likeness (QED) is 0.695. The van der Waals surface area contributed by atoms with E-state index in [9.17, 15) is 19.4 Å². The second-order valence-corrected chi connectivity index (χ2v) is 3.47. The normalized spacial score (nSPS) is 14.5. The Labute approximate surface area is 91.2 Å². The van der Waals surface area contributed by atoms with Crippen molar-refractivity contribution in [2.24, 2.45) is 0 Å². The number of aliphatic hydroxyl groups is 2. The van der Waals surface area contributed by atoms with E-state index >= 15 is 0 Å². The highest BCUT2D eigenvalue weighted by Crippen LogP contribution is 2.20. The molecule has 5 nitrogen and oxygen atoms in total. The Morgan fingerprint density at radius 3 is 2.69 bits per heavy atom. The summed E-state index contributed by atoms with van der Waals surface area (Å²) in [6.45, 7) is 1.52. The van der Waals surface area contributed by atoms with E-state index in [0.717, 1.165) is 12.3 Å². The molecule has 16 heavy (non-hydrogen) atoms. The van der Waals surface area contributed by atoms with Crippen molar-refractivity contribution in [1.82, 2.24) is 4.98 Å². The molecule has 6 heteroatoms. The molecule has 1 rings (SSSR count). The van der Waals surface area contributed by atoms with Gasteiger partial charge in [-0.25, -0.2) is 4.39 Å². The minimum Gasteiger partial charge on any atom is -0.481 e. The molecule has 0 bridgehead atoms. The zero-order valence-electron chi connectivity index (χ0n) is 8.59. The molecule has 0 aromatic carbocycles. The molecule has 0 aliphatic heterocycles. The Morgan fingerprint density at radius 2 is 2.19 bits per heavy atom. The van der Waals surface area contributed by atoms with Gasteiger partial charge in [0, 0.05) is 0 Å². The van der Waals surface area contributed by atoms with Crippen LogP contribution in [0.1, 0.15) is 23.8 Å². The predicted molar refractivity (Wildman–Crippen MR) is 52.2 cm³/mol. The number of carboxylic acids is 1. The van der Waals surface area contributed by atoms with Gasteiger partial charge in [0.1, 0.15) is 11.9 Å². The summed E-state index contributed by atoms with van der Waals surface area (Å²) in [5, 5.41) is 27.4. The van der Waals surface area contributed by atoms with Gasteiger partial charge in [0.05, 0.1) is 24.4 Å². The summed E-state index contributed by atoms with van der Waals surface area (Å²) < 4.78 is 12.7. The van der Waals surface area contributed by atoms with Gasteiger partial charge in [0.2, 0.25) is 0 Å². The molecule has 1 heterocycles. The number of hydrogen-bond acceptors (Lipinski definition) is 4. The van der Waals surface area contributed by atoms with E-state index in [2.05, 4.69) is 4.98 Å². The summed E-state index contributed by atoms with van der Waals surface area (Å²) in [5.74, 6) is -1.78. The highest BCUT2D eigenvalue weighted by molar-refractivity contribution is 5.67. The number of rotatable bonds is 4. The summed E-state index contributed by atoms with van der Waals surface area (Å²) in [5.41, 5.74) is 0.437. The van der Waals surface area contributed by atoms with Crippen LogP contribution in [0.15, 0.2) is 12.3 Å². The Bertz CT molecular complexity index is 396. The molecule has 0 aliphatic rings. The molecule has 0 amide bonds. The lowest BCUT2D eigenvalue weighted by Crippen LogP contribution is -2.23. The molecule has 0 saturated heterocycles.